The Hall–Kier alpha value is -0.184. The van der Waals surface area contributed by atoms with E-state index in [-0.39, 0.29) is 128 Å². The SMILES string of the molecule is CO[C@@H]1C[C@@]23COC[C@](C)([C@@H]2CC[C@H]2C3=CC[C@@]3(C)[C@H](C(=O)OCc4ccccc4)[C@@](C)([C@H](C)C(C)C)CC[C@]23C)[C@H]1OC[C@](C)(C(C)C)N(C)S(=O)(=O)[O-].[K+]. The van der Waals surface area contributed by atoms with Crippen molar-refractivity contribution >= 4 is 16.3 Å². The summed E-state index contributed by atoms with van der Waals surface area (Å²) in [7, 11) is -1.59. The van der Waals surface area contributed by atoms with Crippen LogP contribution in [0.2, 0.25) is 0 Å². The van der Waals surface area contributed by atoms with Crippen LogP contribution in [0.1, 0.15) is 113 Å². The first-order valence-electron chi connectivity index (χ1n) is 20.9. The molecule has 9 nitrogen and oxygen atoms in total. The van der Waals surface area contributed by atoms with E-state index in [4.69, 9.17) is 18.9 Å². The van der Waals surface area contributed by atoms with Crippen LogP contribution in [0.3, 0.4) is 0 Å². The number of nitrogens with zero attached hydrogens (tertiary/aromatic N) is 1. The van der Waals surface area contributed by atoms with E-state index >= 15 is 0 Å². The molecular formula is C45H70KNO8S. The molecule has 6 rings (SSSR count). The van der Waals surface area contributed by atoms with Crippen LogP contribution in [0, 0.1) is 62.6 Å². The fourth-order valence-corrected chi connectivity index (χ4v) is 13.8. The molecule has 1 heterocycles. The largest absolute Gasteiger partial charge is 1.00 e. The van der Waals surface area contributed by atoms with Gasteiger partial charge < -0.3 is 23.5 Å². The summed E-state index contributed by atoms with van der Waals surface area (Å²) in [6.45, 7) is 23.6. The first-order chi connectivity index (χ1) is 25.6. The Morgan fingerprint density at radius 2 is 1.68 bits per heavy atom. The van der Waals surface area contributed by atoms with Crippen LogP contribution in [0.4, 0.5) is 0 Å². The number of carbonyl (C=O) groups is 1. The maximum Gasteiger partial charge on any atom is 1.00 e. The van der Waals surface area contributed by atoms with Gasteiger partial charge in [-0.3, -0.25) is 4.79 Å². The van der Waals surface area contributed by atoms with Gasteiger partial charge in [-0.25, -0.2) is 12.7 Å². The number of fused-ring (bicyclic) bond motifs is 3. The number of likely N-dealkylation sites (N-methyl/N-ethyl adjacent to an activating group) is 1. The van der Waals surface area contributed by atoms with Gasteiger partial charge in [0.2, 0.25) is 0 Å². The summed E-state index contributed by atoms with van der Waals surface area (Å²) in [5, 5.41) is 0. The predicted molar refractivity (Wildman–Crippen MR) is 213 cm³/mol. The molecule has 0 spiro atoms. The Labute approximate surface area is 381 Å². The third-order valence-electron chi connectivity index (χ3n) is 17.4. The zero-order chi connectivity index (χ0) is 40.6. The second-order valence-corrected chi connectivity index (χ2v) is 21.7. The molecule has 3 saturated carbocycles. The van der Waals surface area contributed by atoms with Gasteiger partial charge in [-0.2, -0.15) is 0 Å². The van der Waals surface area contributed by atoms with Gasteiger partial charge in [-0.05, 0) is 96.8 Å². The second-order valence-electron chi connectivity index (χ2n) is 20.2. The van der Waals surface area contributed by atoms with Crippen LogP contribution in [0.15, 0.2) is 42.0 Å². The second kappa shape index (κ2) is 16.6. The summed E-state index contributed by atoms with van der Waals surface area (Å²) in [4.78, 5) is 14.8. The summed E-state index contributed by atoms with van der Waals surface area (Å²) < 4.78 is 63.9. The molecule has 1 aromatic rings. The third kappa shape index (κ3) is 7.36. The minimum absolute atomic E-state index is 0. The number of rotatable bonds is 12. The van der Waals surface area contributed by atoms with Crippen molar-refractivity contribution in [3.63, 3.8) is 0 Å². The molecule has 0 radical (unpaired) electrons. The molecule has 56 heavy (non-hydrogen) atoms. The minimum Gasteiger partial charge on any atom is -0.735 e. The topological polar surface area (TPSA) is 114 Å². The van der Waals surface area contributed by atoms with Crippen LogP contribution >= 0.6 is 0 Å². The van der Waals surface area contributed by atoms with E-state index in [1.165, 1.54) is 12.6 Å². The molecule has 1 aromatic carbocycles. The van der Waals surface area contributed by atoms with Crippen molar-refractivity contribution in [1.82, 2.24) is 4.31 Å². The first kappa shape index (κ1) is 46.9. The fourth-order valence-electron chi connectivity index (χ4n) is 13.0. The average Bonchev–Trinajstić information content (AvgIpc) is 3.12. The normalized spacial score (nSPS) is 39.7. The number of esters is 1. The number of hydrogen-bond donors (Lipinski definition) is 0. The molecule has 12 atom stereocenters. The van der Waals surface area contributed by atoms with Crippen LogP contribution in [-0.4, -0.2) is 75.0 Å². The van der Waals surface area contributed by atoms with Gasteiger partial charge in [0, 0.05) is 25.0 Å². The molecule has 4 aliphatic carbocycles. The smallest absolute Gasteiger partial charge is 0.735 e. The summed E-state index contributed by atoms with van der Waals surface area (Å²) in [5.41, 5.74) is 0.130. The van der Waals surface area contributed by atoms with Crippen LogP contribution in [0.5, 0.6) is 0 Å². The quantitative estimate of drug-likeness (QED) is 0.119. The van der Waals surface area contributed by atoms with Gasteiger partial charge in [-0.15, -0.1) is 0 Å². The number of benzene rings is 1. The zero-order valence-electron chi connectivity index (χ0n) is 36.8. The van der Waals surface area contributed by atoms with Crippen LogP contribution in [-0.2, 0) is 40.7 Å². The number of hydrogen-bond acceptors (Lipinski definition) is 8. The molecule has 0 aromatic heterocycles. The van der Waals surface area contributed by atoms with Gasteiger partial charge in [0.05, 0.1) is 43.5 Å². The van der Waals surface area contributed by atoms with E-state index in [0.29, 0.717) is 25.0 Å². The fraction of sp³-hybridized carbons (Fsp3) is 0.800. The predicted octanol–water partition coefficient (Wildman–Crippen LogP) is 5.44. The van der Waals surface area contributed by atoms with Crippen molar-refractivity contribution in [2.45, 2.75) is 132 Å². The van der Waals surface area contributed by atoms with Crippen molar-refractivity contribution in [2.75, 3.05) is 34.0 Å². The number of allylic oxidation sites excluding steroid dienone is 1. The van der Waals surface area contributed by atoms with Crippen molar-refractivity contribution in [3.8, 4) is 0 Å². The molecule has 0 unspecified atom stereocenters. The average molecular weight is 824 g/mol. The summed E-state index contributed by atoms with van der Waals surface area (Å²) in [5.74, 6) is 0.821. The third-order valence-corrected chi connectivity index (χ3v) is 18.5. The van der Waals surface area contributed by atoms with E-state index in [9.17, 15) is 17.8 Å². The van der Waals surface area contributed by atoms with E-state index < -0.39 is 21.3 Å². The maximum atomic E-state index is 14.8. The van der Waals surface area contributed by atoms with Crippen LogP contribution < -0.4 is 51.4 Å². The molecule has 1 saturated heterocycles. The molecule has 2 bridgehead atoms. The Balaban J connectivity index is 0.00000600. The standard InChI is InChI=1S/C45H71NO8S.K/c1-29(2)31(5)40(6)22-23-42(8)33-18-19-36-41(7)26-52-28-45(36,24-35(51-12)38(41)54-27-44(10,30(3)4)46(11)55(48,49)50)34(33)20-21-43(42,9)37(40)39(47)53-25-32-16-14-13-15-17-32;/h13-17,20,29-31,33,35-38H,18-19,21-28H2,1-12H3,(H,48,49,50);/q;+1/p-1/t31-,33+,35-,36+,37-,38+,40-,41-,42-,43+,44-,45+;/m1./s1. The van der Waals surface area contributed by atoms with E-state index in [1.807, 2.05) is 44.2 Å². The van der Waals surface area contributed by atoms with Crippen molar-refractivity contribution in [2.24, 2.45) is 62.6 Å². The van der Waals surface area contributed by atoms with Gasteiger partial charge in [-0.1, -0.05) is 104 Å². The number of methoxy groups -OCH3 is 1. The molecule has 310 valence electrons. The van der Waals surface area contributed by atoms with E-state index in [1.54, 1.807) is 14.0 Å². The molecule has 1 aliphatic heterocycles. The Kier molecular flexibility index (Phi) is 13.9. The van der Waals surface area contributed by atoms with E-state index in [2.05, 4.69) is 54.5 Å². The van der Waals surface area contributed by atoms with Crippen molar-refractivity contribution in [3.05, 3.63) is 47.5 Å². The Morgan fingerprint density at radius 1 is 1.02 bits per heavy atom. The van der Waals surface area contributed by atoms with Crippen molar-refractivity contribution < 1.29 is 88.1 Å². The van der Waals surface area contributed by atoms with Gasteiger partial charge in [0.15, 0.2) is 10.3 Å². The summed E-state index contributed by atoms with van der Waals surface area (Å²) in [6.07, 6.45) is 7.49. The Bertz CT molecular complexity index is 1720. The van der Waals surface area contributed by atoms with E-state index in [0.717, 1.165) is 48.4 Å². The van der Waals surface area contributed by atoms with Gasteiger partial charge in [0.1, 0.15) is 6.61 Å². The monoisotopic (exact) mass is 823 g/mol. The molecule has 0 amide bonds. The summed E-state index contributed by atoms with van der Waals surface area (Å²) >= 11 is 0. The van der Waals surface area contributed by atoms with Gasteiger partial charge in [0.25, 0.3) is 0 Å². The first-order valence-corrected chi connectivity index (χ1v) is 22.3. The molecule has 5 aliphatic rings. The minimum atomic E-state index is -4.69. The number of carbonyl (C=O) groups excluding carboxylic acids is 1. The van der Waals surface area contributed by atoms with Crippen LogP contribution in [0.25, 0.3) is 0 Å². The molecular weight excluding hydrogens is 754 g/mol. The summed E-state index contributed by atoms with van der Waals surface area (Å²) in [6, 6.07) is 10.0. The number of ether oxygens (including phenoxy) is 4. The van der Waals surface area contributed by atoms with Gasteiger partial charge >= 0.3 is 57.4 Å². The molecule has 0 N–H and O–H groups in total. The maximum absolute atomic E-state index is 14.8. The molecule has 4 fully saturated rings. The Morgan fingerprint density at radius 3 is 2.27 bits per heavy atom. The zero-order valence-corrected chi connectivity index (χ0v) is 40.7. The van der Waals surface area contributed by atoms with Crippen molar-refractivity contribution in [1.29, 1.82) is 0 Å². The molecule has 11 heteroatoms.